The number of rotatable bonds is 21. The smallest absolute Gasteiger partial charge is 0.181 e. The van der Waals surface area contributed by atoms with Gasteiger partial charge in [-0.05, 0) is 212 Å². The standard InChI is InChI=1S/C20H20ClN5.C20H20FN5O.C20H20FN5.2C19H17F2N5/c1-11(2)8-18-22-20(26-24-18)14-5-7-17-15(10-14)19(25-23-17)13-4-6-16(21)12(3)9-13;1-11(2)8-18-22-20(26-24-18)13-4-6-16-14(9-13)19(25-23-16)12-5-7-17(27-3)15(21)10-12;1-11(2)8-18-22-20(26-24-18)14-6-7-17-15(9-14)19(25-23-17)13-5-4-12(3)16(21)10-13;1-10(2)7-17-22-19(26-24-17)12-4-6-16-13(8-12)18(25-23-16)11-3-5-14(20)15(21)9-11;1-10(2)5-17-22-19(26-24-17)11-3-4-16-15(8-11)18(25-23-16)12-6-13(20)9-14(21)7-12/h4-7,9-11H,8H2,1-3H3,(H,23,25)(H,22,24,26);4-7,9-11H,8H2,1-3H3,(H,23,25)(H,22,24,26);4-7,9-11H,8H2,1-3H3,(H,23,25)(H,22,24,26);3-6,8-10H,7H2,1-2H3,(H,23,25)(H,22,24,26);3-4,6-10H,5H2,1-2H3,(H,23,25)(H,22,24,26). The van der Waals surface area contributed by atoms with Crippen LogP contribution in [0.4, 0.5) is 26.3 Å². The lowest BCUT2D eigenvalue weighted by Gasteiger charge is -2.04. The second-order valence-corrected chi connectivity index (χ2v) is 34.7. The first-order chi connectivity index (χ1) is 63.1. The van der Waals surface area contributed by atoms with Gasteiger partial charge in [0.2, 0.25) is 0 Å². The quantitative estimate of drug-likeness (QED) is 0.0299. The minimum atomic E-state index is -0.901. The number of aromatic amines is 10. The van der Waals surface area contributed by atoms with Crippen LogP contribution in [-0.2, 0) is 32.1 Å². The van der Waals surface area contributed by atoms with E-state index >= 15 is 0 Å². The molecule has 0 aliphatic heterocycles. The average Bonchev–Trinajstić information content (AvgIpc) is 1.67. The van der Waals surface area contributed by atoms with Crippen molar-refractivity contribution in [3.8, 4) is 119 Å². The molecule has 0 unspecified atom stereocenters. The van der Waals surface area contributed by atoms with Crippen LogP contribution in [0.5, 0.6) is 5.75 Å². The zero-order chi connectivity index (χ0) is 92.0. The van der Waals surface area contributed by atoms with E-state index in [1.807, 2.05) is 110 Å². The lowest BCUT2D eigenvalue weighted by molar-refractivity contribution is 0.386. The number of aryl methyl sites for hydroxylation is 2. The predicted octanol–water partition coefficient (Wildman–Crippen LogP) is 23.2. The number of nitrogens with one attached hydrogen (secondary N) is 10. The van der Waals surface area contributed by atoms with Crippen molar-refractivity contribution in [2.75, 3.05) is 7.11 Å². The highest BCUT2D eigenvalue weighted by atomic mass is 35.5. The molecule has 0 amide bonds. The molecule has 131 heavy (non-hydrogen) atoms. The molecule has 10 N–H and O–H groups in total. The minimum absolute atomic E-state index is 0.206. The monoisotopic (exact) mass is 1790 g/mol. The van der Waals surface area contributed by atoms with Crippen LogP contribution in [0.15, 0.2) is 182 Å². The van der Waals surface area contributed by atoms with Crippen LogP contribution in [0.3, 0.4) is 0 Å². The summed E-state index contributed by atoms with van der Waals surface area (Å²) in [6, 6.07) is 52.2. The largest absolute Gasteiger partial charge is 0.494 e. The van der Waals surface area contributed by atoms with Gasteiger partial charge in [0.15, 0.2) is 52.3 Å². The second kappa shape index (κ2) is 38.9. The third kappa shape index (κ3) is 20.7. The highest BCUT2D eigenvalue weighted by Crippen LogP contribution is 2.38. The molecule has 0 saturated heterocycles. The molecule has 10 heterocycles. The van der Waals surface area contributed by atoms with Crippen molar-refractivity contribution in [1.82, 2.24) is 127 Å². The number of aromatic nitrogens is 25. The number of nitrogens with zero attached hydrogens (tertiary/aromatic N) is 15. The number of hydrogen-bond acceptors (Lipinski definition) is 16. The Morgan fingerprint density at radius 3 is 0.824 bits per heavy atom. The second-order valence-electron chi connectivity index (χ2n) is 34.2. The van der Waals surface area contributed by atoms with E-state index in [4.69, 9.17) is 16.3 Å². The molecule has 20 aromatic rings. The van der Waals surface area contributed by atoms with Gasteiger partial charge in [0.1, 0.15) is 69.3 Å². The molecule has 0 fully saturated rings. The first kappa shape index (κ1) is 89.3. The van der Waals surface area contributed by atoms with Gasteiger partial charge in [-0.2, -0.15) is 51.0 Å². The van der Waals surface area contributed by atoms with Crippen molar-refractivity contribution in [3.05, 3.63) is 262 Å². The number of methoxy groups -OCH3 is 1. The van der Waals surface area contributed by atoms with Crippen LogP contribution < -0.4 is 4.74 Å². The average molecular weight is 1790 g/mol. The zero-order valence-corrected chi connectivity index (χ0v) is 74.8. The summed E-state index contributed by atoms with van der Waals surface area (Å²) in [5.41, 5.74) is 17.0. The molecule has 0 bridgehead atoms. The van der Waals surface area contributed by atoms with E-state index in [9.17, 15) is 26.3 Å². The highest BCUT2D eigenvalue weighted by Gasteiger charge is 2.22. The maximum Gasteiger partial charge on any atom is 0.181 e. The summed E-state index contributed by atoms with van der Waals surface area (Å²) in [7, 11) is 1.44. The normalized spacial score (nSPS) is 11.5. The van der Waals surface area contributed by atoms with E-state index in [-0.39, 0.29) is 11.6 Å². The van der Waals surface area contributed by atoms with Gasteiger partial charge in [-0.1, -0.05) is 99.0 Å². The van der Waals surface area contributed by atoms with E-state index in [1.165, 1.54) is 37.4 Å². The Morgan fingerprint density at radius 1 is 0.260 bits per heavy atom. The SMILES string of the molecule is CC(C)Cc1nc(-c2ccc3[nH]nc(-c4cc(F)cc(F)c4)c3c2)n[nH]1.CC(C)Cc1nc(-c2ccc3[nH]nc(-c4ccc(F)c(F)c4)c3c2)n[nH]1.COc1ccc(-c2n[nH]c3ccc(-c4n[nH]c(CC(C)C)n4)cc23)cc1F.Cc1cc(-c2n[nH]c3ccc(-c4n[nH]c(CC(C)C)n4)cc23)ccc1Cl.Cc1ccc(-c2n[nH]c3ccc(-c4n[nH]c(CC(C)C)n4)cc23)cc1F. The molecule has 0 aliphatic carbocycles. The number of ether oxygens (including phenoxy) is 1. The molecule has 0 aliphatic rings. The molecular weight excluding hydrogens is 1690 g/mol. The Balaban J connectivity index is 0.000000120. The van der Waals surface area contributed by atoms with Gasteiger partial charge in [-0.15, -0.1) is 0 Å². The number of benzene rings is 10. The summed E-state index contributed by atoms with van der Waals surface area (Å²) in [5.74, 6) is 6.49. The van der Waals surface area contributed by atoms with Crippen molar-refractivity contribution in [2.45, 2.75) is 115 Å². The Kier molecular flexibility index (Phi) is 26.5. The number of hydrogen-bond donors (Lipinski definition) is 10. The van der Waals surface area contributed by atoms with E-state index in [0.717, 1.165) is 195 Å². The summed E-state index contributed by atoms with van der Waals surface area (Å²) < 4.78 is 87.0. The van der Waals surface area contributed by atoms with Gasteiger partial charge in [0.25, 0.3) is 0 Å². The molecule has 0 spiro atoms. The molecule has 0 atom stereocenters. The molecule has 666 valence electrons. The first-order valence-electron chi connectivity index (χ1n) is 42.9. The third-order valence-electron chi connectivity index (χ3n) is 21.4. The fourth-order valence-electron chi connectivity index (χ4n) is 15.1. The maximum absolute atomic E-state index is 14.1. The summed E-state index contributed by atoms with van der Waals surface area (Å²) in [4.78, 5) is 22.8. The van der Waals surface area contributed by atoms with Crippen molar-refractivity contribution in [3.63, 3.8) is 0 Å². The van der Waals surface area contributed by atoms with E-state index < -0.39 is 29.1 Å². The van der Waals surface area contributed by atoms with Crippen molar-refractivity contribution >= 4 is 66.1 Å². The summed E-state index contributed by atoms with van der Waals surface area (Å²) in [5, 5.41) is 78.3. The molecule has 0 radical (unpaired) electrons. The van der Waals surface area contributed by atoms with Crippen LogP contribution in [0.25, 0.3) is 168 Å². The van der Waals surface area contributed by atoms with Gasteiger partial charge in [-0.3, -0.25) is 51.0 Å². The fraction of sp³-hybridized carbons (Fsp3) is 0.235. The topological polar surface area (TPSA) is 360 Å². The Hall–Kier alpha value is -15.1. The molecule has 20 rings (SSSR count). The van der Waals surface area contributed by atoms with Crippen molar-refractivity contribution < 1.29 is 31.1 Å². The highest BCUT2D eigenvalue weighted by molar-refractivity contribution is 6.31. The third-order valence-corrected chi connectivity index (χ3v) is 21.8. The van der Waals surface area contributed by atoms with Crippen LogP contribution in [0, 0.1) is 78.3 Å². The predicted molar refractivity (Wildman–Crippen MR) is 498 cm³/mol. The number of H-pyrrole nitrogens is 10. The first-order valence-corrected chi connectivity index (χ1v) is 43.2. The molecule has 26 nitrogen and oxygen atoms in total. The van der Waals surface area contributed by atoms with Crippen LogP contribution in [0.1, 0.15) is 109 Å². The summed E-state index contributed by atoms with van der Waals surface area (Å²) in [6.45, 7) is 25.1. The summed E-state index contributed by atoms with van der Waals surface area (Å²) >= 11 is 6.16. The Morgan fingerprint density at radius 2 is 0.534 bits per heavy atom. The van der Waals surface area contributed by atoms with Crippen molar-refractivity contribution in [1.29, 1.82) is 0 Å². The van der Waals surface area contributed by atoms with E-state index in [2.05, 4.69) is 208 Å². The molecule has 0 saturated carbocycles. The van der Waals surface area contributed by atoms with Crippen LogP contribution >= 0.6 is 11.6 Å². The number of fused-ring (bicyclic) bond motifs is 5. The van der Waals surface area contributed by atoms with E-state index in [1.54, 1.807) is 25.1 Å². The van der Waals surface area contributed by atoms with Crippen LogP contribution in [0.2, 0.25) is 5.02 Å². The van der Waals surface area contributed by atoms with Gasteiger partial charge in [0.05, 0.1) is 40.4 Å². The zero-order valence-electron chi connectivity index (χ0n) is 74.0. The van der Waals surface area contributed by atoms with Gasteiger partial charge in [-0.25, -0.2) is 51.3 Å². The van der Waals surface area contributed by atoms with Gasteiger partial charge in [0, 0.05) is 126 Å². The molecule has 33 heteroatoms. The molecular formula is C98H94ClF6N25O. The lowest BCUT2D eigenvalue weighted by atomic mass is 10.0. The Bertz CT molecular complexity index is 7010. The van der Waals surface area contributed by atoms with Crippen LogP contribution in [-0.4, -0.2) is 134 Å². The molecule has 10 aromatic heterocycles. The molecule has 10 aromatic carbocycles. The summed E-state index contributed by atoms with van der Waals surface area (Å²) in [6.07, 6.45) is 4.22. The minimum Gasteiger partial charge on any atom is -0.494 e. The van der Waals surface area contributed by atoms with Gasteiger partial charge < -0.3 is 4.74 Å². The van der Waals surface area contributed by atoms with Gasteiger partial charge >= 0.3 is 0 Å². The fourth-order valence-corrected chi connectivity index (χ4v) is 15.2. The maximum atomic E-state index is 14.1. The lowest BCUT2D eigenvalue weighted by Crippen LogP contribution is -1.95. The Labute approximate surface area is 753 Å². The van der Waals surface area contributed by atoms with E-state index in [0.29, 0.717) is 98.0 Å². The van der Waals surface area contributed by atoms with Crippen molar-refractivity contribution in [2.24, 2.45) is 29.6 Å². The number of halogens is 7.